The van der Waals surface area contributed by atoms with Crippen molar-refractivity contribution in [2.75, 3.05) is 0 Å². The molecule has 0 fully saturated rings. The van der Waals surface area contributed by atoms with Crippen LogP contribution in [0.2, 0.25) is 0 Å². The van der Waals surface area contributed by atoms with E-state index in [4.69, 9.17) is 5.26 Å². The summed E-state index contributed by atoms with van der Waals surface area (Å²) < 4.78 is 0.855. The minimum absolute atomic E-state index is 0.510. The lowest BCUT2D eigenvalue weighted by Gasteiger charge is -2.06. The first-order valence-corrected chi connectivity index (χ1v) is 4.38. The molecule has 1 aromatic rings. The minimum Gasteiger partial charge on any atom is -0.618 e. The van der Waals surface area contributed by atoms with E-state index in [-0.39, 0.29) is 0 Å². The Hall–Kier alpha value is -1.56. The number of nitriles is 1. The maximum Gasteiger partial charge on any atom is 0.198 e. The van der Waals surface area contributed by atoms with Crippen LogP contribution >= 0.6 is 0 Å². The first kappa shape index (κ1) is 8.06. The van der Waals surface area contributed by atoms with Crippen LogP contribution in [0, 0.1) is 23.5 Å². The highest BCUT2D eigenvalue weighted by molar-refractivity contribution is 5.41. The van der Waals surface area contributed by atoms with Crippen LogP contribution in [0.3, 0.4) is 0 Å². The number of pyridine rings is 1. The molecule has 0 saturated heterocycles. The fourth-order valence-electron chi connectivity index (χ4n) is 1.94. The molecule has 1 aliphatic carbocycles. The summed E-state index contributed by atoms with van der Waals surface area (Å²) in [5.74, 6) is 0. The highest BCUT2D eigenvalue weighted by Gasteiger charge is 2.23. The van der Waals surface area contributed by atoms with Crippen LogP contribution in [0.15, 0.2) is 6.20 Å². The van der Waals surface area contributed by atoms with Gasteiger partial charge in [-0.25, -0.2) is 0 Å². The molecule has 1 heterocycles. The quantitative estimate of drug-likeness (QED) is 0.435. The van der Waals surface area contributed by atoms with Gasteiger partial charge in [-0.3, -0.25) is 0 Å². The second-order valence-electron chi connectivity index (χ2n) is 3.38. The molecule has 0 aliphatic heterocycles. The van der Waals surface area contributed by atoms with Gasteiger partial charge in [0, 0.05) is 12.0 Å². The average molecular weight is 174 g/mol. The van der Waals surface area contributed by atoms with Crippen LogP contribution in [0.25, 0.3) is 0 Å². The van der Waals surface area contributed by atoms with E-state index in [2.05, 4.69) is 0 Å². The summed E-state index contributed by atoms with van der Waals surface area (Å²) >= 11 is 0. The van der Waals surface area contributed by atoms with Crippen LogP contribution in [0.1, 0.15) is 28.8 Å². The Balaban J connectivity index is 2.71. The molecule has 0 bridgehead atoms. The SMILES string of the molecule is Cc1c(C#N)c[n+]([O-])c2c1CCC2. The molecule has 0 spiro atoms. The zero-order valence-electron chi connectivity index (χ0n) is 7.50. The Bertz CT molecular complexity index is 404. The van der Waals surface area contributed by atoms with E-state index in [1.807, 2.05) is 13.0 Å². The normalized spacial score (nSPS) is 13.8. The van der Waals surface area contributed by atoms with Crippen molar-refractivity contribution in [3.05, 3.63) is 33.8 Å². The van der Waals surface area contributed by atoms with Crippen LogP contribution in [-0.2, 0) is 12.8 Å². The molecule has 0 atom stereocenters. The zero-order chi connectivity index (χ0) is 9.42. The summed E-state index contributed by atoms with van der Waals surface area (Å²) in [7, 11) is 0. The number of rotatable bonds is 0. The van der Waals surface area contributed by atoms with E-state index in [1.54, 1.807) is 0 Å². The van der Waals surface area contributed by atoms with E-state index < -0.39 is 0 Å². The average Bonchev–Trinajstić information content (AvgIpc) is 2.60. The minimum atomic E-state index is 0.510. The third kappa shape index (κ3) is 1.06. The molecule has 66 valence electrons. The van der Waals surface area contributed by atoms with E-state index in [1.165, 1.54) is 6.20 Å². The Kier molecular flexibility index (Phi) is 1.70. The highest BCUT2D eigenvalue weighted by Crippen LogP contribution is 2.23. The van der Waals surface area contributed by atoms with Crippen molar-refractivity contribution < 1.29 is 4.73 Å². The standard InChI is InChI=1S/C10H10N2O/c1-7-8(5-11)6-12(13)10-4-2-3-9(7)10/h6H,2-4H2,1H3. The summed E-state index contributed by atoms with van der Waals surface area (Å²) in [5.41, 5.74) is 3.45. The summed E-state index contributed by atoms with van der Waals surface area (Å²) in [6.45, 7) is 1.92. The third-order valence-corrected chi connectivity index (χ3v) is 2.68. The Morgan fingerprint density at radius 2 is 2.31 bits per heavy atom. The van der Waals surface area contributed by atoms with Crippen LogP contribution < -0.4 is 4.73 Å². The molecule has 0 saturated carbocycles. The third-order valence-electron chi connectivity index (χ3n) is 2.68. The lowest BCUT2D eigenvalue weighted by molar-refractivity contribution is -0.613. The molecule has 0 unspecified atom stereocenters. The van der Waals surface area contributed by atoms with Crippen LogP contribution in [0.5, 0.6) is 0 Å². The van der Waals surface area contributed by atoms with Gasteiger partial charge in [0.15, 0.2) is 11.9 Å². The zero-order valence-corrected chi connectivity index (χ0v) is 7.50. The Labute approximate surface area is 76.8 Å². The van der Waals surface area contributed by atoms with Crippen molar-refractivity contribution in [3.8, 4) is 6.07 Å². The largest absolute Gasteiger partial charge is 0.618 e. The summed E-state index contributed by atoms with van der Waals surface area (Å²) in [6.07, 6.45) is 4.22. The van der Waals surface area contributed by atoms with Crippen molar-refractivity contribution in [1.29, 1.82) is 5.26 Å². The monoisotopic (exact) mass is 174 g/mol. The predicted octanol–water partition coefficient (Wildman–Crippen LogP) is 0.989. The number of nitrogens with zero attached hydrogens (tertiary/aromatic N) is 2. The molecular formula is C10H10N2O. The predicted molar refractivity (Wildman–Crippen MR) is 46.9 cm³/mol. The maximum atomic E-state index is 11.4. The van der Waals surface area contributed by atoms with E-state index >= 15 is 0 Å². The Morgan fingerprint density at radius 3 is 3.00 bits per heavy atom. The van der Waals surface area contributed by atoms with Gasteiger partial charge < -0.3 is 5.21 Å². The molecular weight excluding hydrogens is 164 g/mol. The van der Waals surface area contributed by atoms with Crippen molar-refractivity contribution >= 4 is 0 Å². The highest BCUT2D eigenvalue weighted by atomic mass is 16.5. The lowest BCUT2D eigenvalue weighted by atomic mass is 10.0. The number of hydrogen-bond acceptors (Lipinski definition) is 2. The molecule has 0 radical (unpaired) electrons. The molecule has 0 amide bonds. The second-order valence-corrected chi connectivity index (χ2v) is 3.38. The van der Waals surface area contributed by atoms with Gasteiger partial charge in [-0.15, -0.1) is 0 Å². The first-order chi connectivity index (χ1) is 6.24. The molecule has 13 heavy (non-hydrogen) atoms. The van der Waals surface area contributed by atoms with Gasteiger partial charge in [0.05, 0.1) is 0 Å². The Morgan fingerprint density at radius 1 is 1.54 bits per heavy atom. The first-order valence-electron chi connectivity index (χ1n) is 4.38. The van der Waals surface area contributed by atoms with Crippen molar-refractivity contribution in [1.82, 2.24) is 0 Å². The number of fused-ring (bicyclic) bond motifs is 1. The molecule has 0 N–H and O–H groups in total. The van der Waals surface area contributed by atoms with Gasteiger partial charge >= 0.3 is 0 Å². The number of hydrogen-bond donors (Lipinski definition) is 0. The van der Waals surface area contributed by atoms with Gasteiger partial charge in [-0.05, 0) is 25.3 Å². The van der Waals surface area contributed by atoms with Gasteiger partial charge in [0.1, 0.15) is 11.6 Å². The van der Waals surface area contributed by atoms with E-state index in [0.717, 1.165) is 40.8 Å². The summed E-state index contributed by atoms with van der Waals surface area (Å²) in [4.78, 5) is 0. The van der Waals surface area contributed by atoms with Crippen molar-refractivity contribution in [3.63, 3.8) is 0 Å². The molecule has 2 rings (SSSR count). The fraction of sp³-hybridized carbons (Fsp3) is 0.400. The summed E-state index contributed by atoms with van der Waals surface area (Å²) in [6, 6.07) is 2.04. The van der Waals surface area contributed by atoms with Gasteiger partial charge in [0.25, 0.3) is 0 Å². The fourth-order valence-corrected chi connectivity index (χ4v) is 1.94. The van der Waals surface area contributed by atoms with Gasteiger partial charge in [-0.1, -0.05) is 0 Å². The lowest BCUT2D eigenvalue weighted by Crippen LogP contribution is -2.32. The van der Waals surface area contributed by atoms with E-state index in [0.29, 0.717) is 5.56 Å². The smallest absolute Gasteiger partial charge is 0.198 e. The topological polar surface area (TPSA) is 50.7 Å². The van der Waals surface area contributed by atoms with Crippen molar-refractivity contribution in [2.24, 2.45) is 0 Å². The van der Waals surface area contributed by atoms with Gasteiger partial charge in [-0.2, -0.15) is 9.99 Å². The molecule has 1 aromatic heterocycles. The maximum absolute atomic E-state index is 11.4. The van der Waals surface area contributed by atoms with Gasteiger partial charge in [0.2, 0.25) is 0 Å². The van der Waals surface area contributed by atoms with Crippen molar-refractivity contribution in [2.45, 2.75) is 26.2 Å². The molecule has 1 aliphatic rings. The number of aromatic nitrogens is 1. The second kappa shape index (κ2) is 2.74. The van der Waals surface area contributed by atoms with E-state index in [9.17, 15) is 5.21 Å². The molecule has 3 heteroatoms. The molecule has 0 aromatic carbocycles. The van der Waals surface area contributed by atoms with Crippen LogP contribution in [-0.4, -0.2) is 0 Å². The van der Waals surface area contributed by atoms with Crippen LogP contribution in [0.4, 0.5) is 0 Å². The molecule has 3 nitrogen and oxygen atoms in total. The summed E-state index contributed by atoms with van der Waals surface area (Å²) in [5, 5.41) is 20.2.